The van der Waals surface area contributed by atoms with Crippen LogP contribution in [0.1, 0.15) is 52.4 Å². The van der Waals surface area contributed by atoms with E-state index < -0.39 is 0 Å². The van der Waals surface area contributed by atoms with Gasteiger partial charge in [0.15, 0.2) is 5.96 Å². The summed E-state index contributed by atoms with van der Waals surface area (Å²) in [5.74, 6) is 1.89. The number of nitrogens with zero attached hydrogens (tertiary/aromatic N) is 2. The number of hydrogen-bond donors (Lipinski definition) is 2. The van der Waals surface area contributed by atoms with Gasteiger partial charge in [0.25, 0.3) is 0 Å². The van der Waals surface area contributed by atoms with Crippen molar-refractivity contribution in [2.75, 3.05) is 39.9 Å². The molecule has 0 aromatic carbocycles. The molecule has 1 unspecified atom stereocenters. The van der Waals surface area contributed by atoms with Gasteiger partial charge in [-0.15, -0.1) is 0 Å². The molecule has 2 fully saturated rings. The van der Waals surface area contributed by atoms with Crippen molar-refractivity contribution < 1.29 is 4.74 Å². The summed E-state index contributed by atoms with van der Waals surface area (Å²) in [7, 11) is 1.78. The van der Waals surface area contributed by atoms with Crippen molar-refractivity contribution in [1.82, 2.24) is 15.5 Å². The fourth-order valence-electron chi connectivity index (χ4n) is 3.72. The van der Waals surface area contributed by atoms with Crippen LogP contribution in [-0.2, 0) is 4.74 Å². The lowest BCUT2D eigenvalue weighted by molar-refractivity contribution is 0.142. The van der Waals surface area contributed by atoms with E-state index in [0.29, 0.717) is 12.1 Å². The van der Waals surface area contributed by atoms with Crippen LogP contribution in [0.5, 0.6) is 0 Å². The minimum absolute atomic E-state index is 0.576. The minimum atomic E-state index is 0.576. The van der Waals surface area contributed by atoms with E-state index in [1.165, 1.54) is 45.1 Å². The first-order valence-electron chi connectivity index (χ1n) is 9.50. The monoisotopic (exact) mass is 324 g/mol. The van der Waals surface area contributed by atoms with Crippen LogP contribution in [0.15, 0.2) is 4.99 Å². The first kappa shape index (κ1) is 18.5. The van der Waals surface area contributed by atoms with Gasteiger partial charge in [-0.25, -0.2) is 0 Å². The highest BCUT2D eigenvalue weighted by Gasteiger charge is 2.24. The minimum Gasteiger partial charge on any atom is -0.383 e. The predicted octanol–water partition coefficient (Wildman–Crippen LogP) is 2.23. The second-order valence-electron chi connectivity index (χ2n) is 7.15. The van der Waals surface area contributed by atoms with Gasteiger partial charge in [-0.05, 0) is 57.9 Å². The quantitative estimate of drug-likeness (QED) is 0.557. The van der Waals surface area contributed by atoms with Gasteiger partial charge in [0.05, 0.1) is 13.2 Å². The molecule has 0 bridgehead atoms. The van der Waals surface area contributed by atoms with Crippen molar-refractivity contribution in [3.05, 3.63) is 0 Å². The van der Waals surface area contributed by atoms with E-state index in [1.54, 1.807) is 7.11 Å². The summed E-state index contributed by atoms with van der Waals surface area (Å²) in [5.41, 5.74) is 0. The number of guanidine groups is 1. The molecule has 1 aliphatic carbocycles. The van der Waals surface area contributed by atoms with Crippen molar-refractivity contribution >= 4 is 5.96 Å². The summed E-state index contributed by atoms with van der Waals surface area (Å²) in [6.45, 7) is 9.36. The third-order valence-electron chi connectivity index (χ3n) is 5.24. The molecule has 0 aromatic rings. The molecule has 1 saturated heterocycles. The Kier molecular flexibility index (Phi) is 8.17. The molecule has 1 atom stereocenters. The highest BCUT2D eigenvalue weighted by Crippen LogP contribution is 2.23. The van der Waals surface area contributed by atoms with Crippen LogP contribution in [0.2, 0.25) is 0 Å². The second kappa shape index (κ2) is 10.1. The normalized spacial score (nSPS) is 29.7. The maximum absolute atomic E-state index is 5.22. The van der Waals surface area contributed by atoms with Crippen LogP contribution in [-0.4, -0.2) is 62.8 Å². The zero-order valence-corrected chi connectivity index (χ0v) is 15.3. The second-order valence-corrected chi connectivity index (χ2v) is 7.15. The Bertz CT molecular complexity index is 353. The van der Waals surface area contributed by atoms with Crippen LogP contribution in [0, 0.1) is 5.92 Å². The Balaban J connectivity index is 1.82. The van der Waals surface area contributed by atoms with Gasteiger partial charge in [0, 0.05) is 32.3 Å². The zero-order valence-electron chi connectivity index (χ0n) is 15.3. The summed E-state index contributed by atoms with van der Waals surface area (Å²) in [6.07, 6.45) is 7.76. The molecule has 1 saturated carbocycles. The molecule has 1 heterocycles. The molecular formula is C18H36N4O. The molecule has 2 rings (SSSR count). The average molecular weight is 325 g/mol. The van der Waals surface area contributed by atoms with E-state index in [0.717, 1.165) is 38.1 Å². The molecular weight excluding hydrogens is 288 g/mol. The third-order valence-corrected chi connectivity index (χ3v) is 5.24. The molecule has 0 amide bonds. The number of methoxy groups -OCH3 is 1. The highest BCUT2D eigenvalue weighted by atomic mass is 16.5. The van der Waals surface area contributed by atoms with E-state index in [2.05, 4.69) is 29.4 Å². The SMILES string of the molecule is CCNC(=NCC1CCCN1CCOC)NC1CCC(C)CC1. The van der Waals surface area contributed by atoms with Gasteiger partial charge in [-0.2, -0.15) is 0 Å². The van der Waals surface area contributed by atoms with Crippen molar-refractivity contribution in [1.29, 1.82) is 0 Å². The van der Waals surface area contributed by atoms with Gasteiger partial charge >= 0.3 is 0 Å². The number of hydrogen-bond acceptors (Lipinski definition) is 3. The molecule has 0 aromatic heterocycles. The smallest absolute Gasteiger partial charge is 0.191 e. The van der Waals surface area contributed by atoms with Crippen molar-refractivity contribution in [2.24, 2.45) is 10.9 Å². The fraction of sp³-hybridized carbons (Fsp3) is 0.944. The number of likely N-dealkylation sites (tertiary alicyclic amines) is 1. The summed E-state index contributed by atoms with van der Waals surface area (Å²) < 4.78 is 5.22. The molecule has 0 spiro atoms. The number of rotatable bonds is 7. The predicted molar refractivity (Wildman–Crippen MR) is 97.0 cm³/mol. The van der Waals surface area contributed by atoms with E-state index in [-0.39, 0.29) is 0 Å². The number of aliphatic imine (C=N–C) groups is 1. The highest BCUT2D eigenvalue weighted by molar-refractivity contribution is 5.80. The Morgan fingerprint density at radius 3 is 2.70 bits per heavy atom. The summed E-state index contributed by atoms with van der Waals surface area (Å²) >= 11 is 0. The molecule has 23 heavy (non-hydrogen) atoms. The van der Waals surface area contributed by atoms with Gasteiger partial charge in [-0.1, -0.05) is 6.92 Å². The first-order valence-corrected chi connectivity index (χ1v) is 9.50. The van der Waals surface area contributed by atoms with Gasteiger partial charge < -0.3 is 15.4 Å². The lowest BCUT2D eigenvalue weighted by atomic mass is 9.87. The summed E-state index contributed by atoms with van der Waals surface area (Å²) in [6, 6.07) is 1.17. The Labute approximate surface area is 142 Å². The Hall–Kier alpha value is -0.810. The van der Waals surface area contributed by atoms with E-state index in [1.807, 2.05) is 0 Å². The van der Waals surface area contributed by atoms with Gasteiger partial charge in [0.2, 0.25) is 0 Å². The molecule has 2 N–H and O–H groups in total. The Morgan fingerprint density at radius 2 is 2.00 bits per heavy atom. The molecule has 2 aliphatic rings. The molecule has 1 aliphatic heterocycles. The van der Waals surface area contributed by atoms with Crippen LogP contribution >= 0.6 is 0 Å². The van der Waals surface area contributed by atoms with E-state index in [4.69, 9.17) is 9.73 Å². The fourth-order valence-corrected chi connectivity index (χ4v) is 3.72. The Morgan fingerprint density at radius 1 is 1.22 bits per heavy atom. The first-order chi connectivity index (χ1) is 11.2. The standard InChI is InChI=1S/C18H36N4O/c1-4-19-18(21-16-9-7-15(2)8-10-16)20-14-17-6-5-11-22(17)12-13-23-3/h15-17H,4-14H2,1-3H3,(H2,19,20,21). The van der Waals surface area contributed by atoms with Crippen molar-refractivity contribution in [3.8, 4) is 0 Å². The molecule has 5 heteroatoms. The molecule has 5 nitrogen and oxygen atoms in total. The lowest BCUT2D eigenvalue weighted by Crippen LogP contribution is -2.45. The number of ether oxygens (including phenoxy) is 1. The summed E-state index contributed by atoms with van der Waals surface area (Å²) in [4.78, 5) is 7.41. The average Bonchev–Trinajstić information content (AvgIpc) is 3.00. The lowest BCUT2D eigenvalue weighted by Gasteiger charge is -2.29. The summed E-state index contributed by atoms with van der Waals surface area (Å²) in [5, 5.41) is 7.07. The van der Waals surface area contributed by atoms with E-state index in [9.17, 15) is 0 Å². The largest absolute Gasteiger partial charge is 0.383 e. The van der Waals surface area contributed by atoms with Crippen molar-refractivity contribution in [3.63, 3.8) is 0 Å². The third kappa shape index (κ3) is 6.30. The number of nitrogens with one attached hydrogen (secondary N) is 2. The van der Waals surface area contributed by atoms with Crippen LogP contribution < -0.4 is 10.6 Å². The van der Waals surface area contributed by atoms with Crippen LogP contribution in [0.4, 0.5) is 0 Å². The van der Waals surface area contributed by atoms with Crippen LogP contribution in [0.3, 0.4) is 0 Å². The van der Waals surface area contributed by atoms with Crippen molar-refractivity contribution in [2.45, 2.75) is 64.5 Å². The maximum atomic E-state index is 5.22. The zero-order chi connectivity index (χ0) is 16.5. The van der Waals surface area contributed by atoms with E-state index >= 15 is 0 Å². The van der Waals surface area contributed by atoms with Gasteiger partial charge in [-0.3, -0.25) is 9.89 Å². The molecule has 134 valence electrons. The van der Waals surface area contributed by atoms with Gasteiger partial charge in [0.1, 0.15) is 0 Å². The molecule has 0 radical (unpaired) electrons. The topological polar surface area (TPSA) is 48.9 Å². The van der Waals surface area contributed by atoms with Crippen LogP contribution in [0.25, 0.3) is 0 Å². The maximum Gasteiger partial charge on any atom is 0.191 e.